The van der Waals surface area contributed by atoms with Crippen molar-refractivity contribution in [1.82, 2.24) is 5.32 Å². The van der Waals surface area contributed by atoms with Gasteiger partial charge in [0, 0.05) is 30.0 Å². The van der Waals surface area contributed by atoms with E-state index in [0.717, 1.165) is 33.7 Å². The topological polar surface area (TPSA) is 55.4 Å². The van der Waals surface area contributed by atoms with E-state index in [4.69, 9.17) is 4.74 Å². The summed E-state index contributed by atoms with van der Waals surface area (Å²) in [6, 6.07) is 16.0. The summed E-state index contributed by atoms with van der Waals surface area (Å²) in [6.45, 7) is 2.03. The highest BCUT2D eigenvalue weighted by Gasteiger charge is 2.38. The number of carbonyl (C=O) groups is 2. The quantitative estimate of drug-likeness (QED) is 0.899. The lowest BCUT2D eigenvalue weighted by Gasteiger charge is -2.34. The summed E-state index contributed by atoms with van der Waals surface area (Å²) in [5.74, 6) is 0.870. The molecule has 4 heteroatoms. The van der Waals surface area contributed by atoms with Crippen molar-refractivity contribution in [3.63, 3.8) is 0 Å². The van der Waals surface area contributed by atoms with Gasteiger partial charge in [-0.25, -0.2) is 0 Å². The largest absolute Gasteiger partial charge is 0.497 e. The first kappa shape index (κ1) is 17.5. The maximum Gasteiger partial charge on any atom is 0.225 e. The average Bonchev–Trinajstić information content (AvgIpc) is 2.67. The van der Waals surface area contributed by atoms with Crippen LogP contribution >= 0.6 is 0 Å². The van der Waals surface area contributed by atoms with Crippen molar-refractivity contribution in [1.29, 1.82) is 0 Å². The van der Waals surface area contributed by atoms with Gasteiger partial charge in [-0.3, -0.25) is 9.59 Å². The number of ether oxygens (including phenoxy) is 1. The fourth-order valence-corrected chi connectivity index (χ4v) is 4.24. The molecule has 0 spiro atoms. The highest BCUT2D eigenvalue weighted by molar-refractivity contribution is 6.02. The number of nitrogens with one attached hydrogen (secondary N) is 1. The molecule has 0 saturated heterocycles. The normalized spacial score (nSPS) is 22.3. The number of amides is 1. The maximum absolute atomic E-state index is 13.1. The Morgan fingerprint density at radius 3 is 2.44 bits per heavy atom. The van der Waals surface area contributed by atoms with Crippen LogP contribution in [-0.4, -0.2) is 18.8 Å². The third-order valence-electron chi connectivity index (χ3n) is 5.57. The van der Waals surface area contributed by atoms with Crippen molar-refractivity contribution in [3.8, 4) is 5.75 Å². The smallest absolute Gasteiger partial charge is 0.225 e. The Morgan fingerprint density at radius 1 is 0.963 bits per heavy atom. The van der Waals surface area contributed by atoms with Crippen molar-refractivity contribution in [2.24, 2.45) is 0 Å². The minimum atomic E-state index is -0.141. The molecule has 0 aromatic heterocycles. The first-order valence-electron chi connectivity index (χ1n) is 9.31. The van der Waals surface area contributed by atoms with Gasteiger partial charge < -0.3 is 10.1 Å². The SMILES string of the molecule is COc1ccc([C@@H]2CC(=O)C3=C(C2)NC(=O)C[C@@H]3c2cccc(C)c2)cc1. The van der Waals surface area contributed by atoms with Gasteiger partial charge in [0.2, 0.25) is 5.91 Å². The molecule has 0 radical (unpaired) electrons. The molecule has 0 saturated carbocycles. The molecule has 0 fully saturated rings. The molecule has 27 heavy (non-hydrogen) atoms. The minimum Gasteiger partial charge on any atom is -0.497 e. The van der Waals surface area contributed by atoms with Crippen LogP contribution in [-0.2, 0) is 9.59 Å². The summed E-state index contributed by atoms with van der Waals surface area (Å²) >= 11 is 0. The molecule has 2 atom stereocenters. The summed E-state index contributed by atoms with van der Waals surface area (Å²) in [4.78, 5) is 25.4. The molecule has 4 nitrogen and oxygen atoms in total. The van der Waals surface area contributed by atoms with E-state index in [2.05, 4.69) is 11.4 Å². The third kappa shape index (κ3) is 3.39. The van der Waals surface area contributed by atoms with Crippen LogP contribution in [0.4, 0.5) is 0 Å². The molecule has 1 aliphatic carbocycles. The van der Waals surface area contributed by atoms with E-state index in [0.29, 0.717) is 19.3 Å². The van der Waals surface area contributed by atoms with Crippen LogP contribution < -0.4 is 10.1 Å². The van der Waals surface area contributed by atoms with Gasteiger partial charge in [-0.15, -0.1) is 0 Å². The molecule has 1 aliphatic heterocycles. The second-order valence-corrected chi connectivity index (χ2v) is 7.41. The summed E-state index contributed by atoms with van der Waals surface area (Å²) in [6.07, 6.45) is 1.49. The zero-order valence-corrected chi connectivity index (χ0v) is 15.6. The number of ketones is 1. The Hall–Kier alpha value is -2.88. The maximum atomic E-state index is 13.1. The summed E-state index contributed by atoms with van der Waals surface area (Å²) in [5, 5.41) is 2.98. The van der Waals surface area contributed by atoms with E-state index < -0.39 is 0 Å². The summed E-state index contributed by atoms with van der Waals surface area (Å²) in [5.41, 5.74) is 4.89. The van der Waals surface area contributed by atoms with E-state index in [1.54, 1.807) is 7.11 Å². The zero-order valence-electron chi connectivity index (χ0n) is 15.6. The van der Waals surface area contributed by atoms with Gasteiger partial charge in [0.25, 0.3) is 0 Å². The Morgan fingerprint density at radius 2 is 1.74 bits per heavy atom. The molecular weight excluding hydrogens is 338 g/mol. The van der Waals surface area contributed by atoms with Gasteiger partial charge in [-0.1, -0.05) is 42.0 Å². The fourth-order valence-electron chi connectivity index (χ4n) is 4.24. The van der Waals surface area contributed by atoms with Gasteiger partial charge in [0.1, 0.15) is 5.75 Å². The number of hydrogen-bond donors (Lipinski definition) is 1. The lowest BCUT2D eigenvalue weighted by Crippen LogP contribution is -2.38. The Kier molecular flexibility index (Phi) is 4.56. The molecule has 1 amide bonds. The van der Waals surface area contributed by atoms with Crippen molar-refractivity contribution in [2.75, 3.05) is 7.11 Å². The summed E-state index contributed by atoms with van der Waals surface area (Å²) in [7, 11) is 1.64. The van der Waals surface area contributed by atoms with Gasteiger partial charge in [-0.05, 0) is 42.5 Å². The number of Topliss-reactive ketones (excluding diaryl/α,β-unsaturated/α-hetero) is 1. The molecule has 138 valence electrons. The lowest BCUT2D eigenvalue weighted by atomic mass is 9.73. The first-order chi connectivity index (χ1) is 13.0. The third-order valence-corrected chi connectivity index (χ3v) is 5.57. The number of methoxy groups -OCH3 is 1. The van der Waals surface area contributed by atoms with Crippen molar-refractivity contribution in [2.45, 2.75) is 38.0 Å². The first-order valence-corrected chi connectivity index (χ1v) is 9.31. The highest BCUT2D eigenvalue weighted by Crippen LogP contribution is 2.42. The van der Waals surface area contributed by atoms with E-state index in [-0.39, 0.29) is 23.5 Å². The molecule has 2 aliphatic rings. The van der Waals surface area contributed by atoms with Gasteiger partial charge in [-0.2, -0.15) is 0 Å². The standard InChI is InChI=1S/C23H23NO3/c1-14-4-3-5-16(10-14)19-13-22(26)24-20-11-17(12-21(25)23(19)20)15-6-8-18(27-2)9-7-15/h3-10,17,19H,11-13H2,1-2H3,(H,24,26)/t17-,19+/m0/s1. The molecule has 0 bridgehead atoms. The Balaban J connectivity index is 1.68. The van der Waals surface area contributed by atoms with E-state index in [9.17, 15) is 9.59 Å². The lowest BCUT2D eigenvalue weighted by molar-refractivity contribution is -0.122. The van der Waals surface area contributed by atoms with Crippen molar-refractivity contribution < 1.29 is 14.3 Å². The molecule has 0 unspecified atom stereocenters. The molecule has 1 heterocycles. The Labute approximate surface area is 159 Å². The van der Waals surface area contributed by atoms with Crippen LogP contribution in [0.1, 0.15) is 47.8 Å². The highest BCUT2D eigenvalue weighted by atomic mass is 16.5. The number of hydrogen-bond acceptors (Lipinski definition) is 3. The van der Waals surface area contributed by atoms with Crippen LogP contribution in [0.2, 0.25) is 0 Å². The van der Waals surface area contributed by atoms with Crippen molar-refractivity contribution >= 4 is 11.7 Å². The van der Waals surface area contributed by atoms with Crippen LogP contribution in [0.25, 0.3) is 0 Å². The van der Waals surface area contributed by atoms with Crippen LogP contribution in [0.15, 0.2) is 59.8 Å². The second-order valence-electron chi connectivity index (χ2n) is 7.41. The zero-order chi connectivity index (χ0) is 19.0. The molecule has 2 aromatic carbocycles. The van der Waals surface area contributed by atoms with Gasteiger partial charge in [0.05, 0.1) is 7.11 Å². The monoisotopic (exact) mass is 361 g/mol. The predicted octanol–water partition coefficient (Wildman–Crippen LogP) is 4.01. The number of rotatable bonds is 3. The molecular formula is C23H23NO3. The predicted molar refractivity (Wildman–Crippen MR) is 104 cm³/mol. The number of benzene rings is 2. The number of carbonyl (C=O) groups excluding carboxylic acids is 2. The minimum absolute atomic E-state index is 0.0107. The second kappa shape index (κ2) is 7.03. The molecule has 2 aromatic rings. The molecule has 1 N–H and O–H groups in total. The van der Waals surface area contributed by atoms with E-state index in [1.807, 2.05) is 49.4 Å². The number of aryl methyl sites for hydroxylation is 1. The van der Waals surface area contributed by atoms with Crippen LogP contribution in [0.5, 0.6) is 5.75 Å². The van der Waals surface area contributed by atoms with Crippen LogP contribution in [0.3, 0.4) is 0 Å². The van der Waals surface area contributed by atoms with Crippen LogP contribution in [0, 0.1) is 6.92 Å². The number of allylic oxidation sites excluding steroid dienone is 2. The van der Waals surface area contributed by atoms with Gasteiger partial charge >= 0.3 is 0 Å². The Bertz CT molecular complexity index is 927. The summed E-state index contributed by atoms with van der Waals surface area (Å²) < 4.78 is 5.22. The van der Waals surface area contributed by atoms with Crippen molar-refractivity contribution in [3.05, 3.63) is 76.5 Å². The fraction of sp³-hybridized carbons (Fsp3) is 0.304. The van der Waals surface area contributed by atoms with Gasteiger partial charge in [0.15, 0.2) is 5.78 Å². The van der Waals surface area contributed by atoms with E-state index in [1.165, 1.54) is 0 Å². The van der Waals surface area contributed by atoms with E-state index >= 15 is 0 Å². The molecule has 4 rings (SSSR count). The average molecular weight is 361 g/mol.